The third-order valence-electron chi connectivity index (χ3n) is 6.73. The predicted octanol–water partition coefficient (Wildman–Crippen LogP) is 5.70. The van der Waals surface area contributed by atoms with E-state index in [2.05, 4.69) is 10.0 Å². The highest BCUT2D eigenvalue weighted by Gasteiger charge is 2.22. The summed E-state index contributed by atoms with van der Waals surface area (Å²) in [7, 11) is -2.77. The molecule has 2 N–H and O–H groups in total. The first-order valence-electron chi connectivity index (χ1n) is 16.2. The van der Waals surface area contributed by atoms with E-state index < -0.39 is 47.8 Å². The Morgan fingerprint density at radius 2 is 1.85 bits per heavy atom. The van der Waals surface area contributed by atoms with E-state index >= 15 is 0 Å². The second-order valence-corrected chi connectivity index (χ2v) is 11.2. The van der Waals surface area contributed by atoms with Crippen LogP contribution in [-0.4, -0.2) is 38.2 Å². The van der Waals surface area contributed by atoms with Crippen molar-refractivity contribution in [3.05, 3.63) is 89.1 Å². The predicted molar refractivity (Wildman–Crippen MR) is 157 cm³/mol. The molecule has 0 bridgehead atoms. The van der Waals surface area contributed by atoms with Gasteiger partial charge in [0.1, 0.15) is 11.9 Å². The molecule has 3 aromatic carbocycles. The molecule has 5 rings (SSSR count). The van der Waals surface area contributed by atoms with Gasteiger partial charge in [-0.1, -0.05) is 24.3 Å². The molecule has 9 nitrogen and oxygen atoms in total. The fourth-order valence-corrected chi connectivity index (χ4v) is 5.90. The number of sulfonamides is 1. The minimum Gasteiger partial charge on any atom is -0.496 e. The van der Waals surface area contributed by atoms with Crippen LogP contribution in [0.1, 0.15) is 62.2 Å². The van der Waals surface area contributed by atoms with Crippen molar-refractivity contribution >= 4 is 38.6 Å². The van der Waals surface area contributed by atoms with Gasteiger partial charge in [-0.3, -0.25) is 10.1 Å². The summed E-state index contributed by atoms with van der Waals surface area (Å²) in [6.07, 6.45) is -5.16. The van der Waals surface area contributed by atoms with Crippen molar-refractivity contribution in [2.45, 2.75) is 49.9 Å². The number of ether oxygens (including phenoxy) is 2. The zero-order chi connectivity index (χ0) is 35.2. The highest BCUT2D eigenvalue weighted by Crippen LogP contribution is 2.30. The third-order valence-corrected chi connectivity index (χ3v) is 8.22. The van der Waals surface area contributed by atoms with Gasteiger partial charge in [-0.15, -0.1) is 0 Å². The van der Waals surface area contributed by atoms with Crippen LogP contribution in [0.15, 0.2) is 71.8 Å². The molecule has 4 aromatic rings. The van der Waals surface area contributed by atoms with Crippen molar-refractivity contribution in [2.75, 3.05) is 12.4 Å². The number of methoxy groups -OCH3 is 1. The Kier molecular flexibility index (Phi) is 5.84. The Morgan fingerprint density at radius 3 is 2.59 bits per heavy atom. The smallest absolute Gasteiger partial charge is 0.411 e. The molecule has 0 radical (unpaired) electrons. The fourth-order valence-electron chi connectivity index (χ4n) is 4.67. The first-order valence-corrected chi connectivity index (χ1v) is 14.2. The van der Waals surface area contributed by atoms with Gasteiger partial charge >= 0.3 is 6.09 Å². The summed E-state index contributed by atoms with van der Waals surface area (Å²) >= 11 is 0. The maximum Gasteiger partial charge on any atom is 0.411 e. The molecule has 1 saturated carbocycles. The lowest BCUT2D eigenvalue weighted by atomic mass is 10.0. The molecule has 214 valence electrons. The zero-order valence-corrected chi connectivity index (χ0v) is 23.2. The average Bonchev–Trinajstić information content (AvgIpc) is 3.44. The summed E-state index contributed by atoms with van der Waals surface area (Å²) in [5, 5.41) is 3.03. The molecule has 1 heterocycles. The normalized spacial score (nSPS) is 19.0. The summed E-state index contributed by atoms with van der Waals surface area (Å²) in [6, 6.07) is 15.2. The number of aryl methyl sites for hydroxylation is 2. The zero-order valence-electron chi connectivity index (χ0n) is 29.4. The summed E-state index contributed by atoms with van der Waals surface area (Å²) in [5.41, 5.74) is 2.19. The van der Waals surface area contributed by atoms with Gasteiger partial charge in [-0.2, -0.15) is 0 Å². The number of rotatable bonds is 8. The molecule has 0 aliphatic heterocycles. The molecule has 0 atom stereocenters. The lowest BCUT2D eigenvalue weighted by molar-refractivity contribution is 0.0980. The first kappa shape index (κ1) is 20.5. The van der Waals surface area contributed by atoms with Gasteiger partial charge < -0.3 is 14.0 Å². The number of carbonyl (C=O) groups excluding carboxylic acids is 2. The second-order valence-electron chi connectivity index (χ2n) is 9.57. The standard InChI is InChI=1S/C31H33N3O6S/c1-20-8-4-7-11-29(20)41(37,38)33-30(35)22-13-12-21(28(17-22)39-3)16-23-19-34(2)27-15-14-24(18-26(23)27)32-31(36)40-25-9-5-6-10-25/h4,7-8,11-15,17-19,25H,5-6,9-10,16H2,1-3H3,(H,32,36)(H,33,35)/i2D3,5D2,6D2. The Balaban J connectivity index is 1.40. The van der Waals surface area contributed by atoms with Crippen LogP contribution in [0.25, 0.3) is 10.9 Å². The molecule has 2 amide bonds. The van der Waals surface area contributed by atoms with Gasteiger partial charge in [0, 0.05) is 51.3 Å². The van der Waals surface area contributed by atoms with Gasteiger partial charge in [0.05, 0.1) is 12.0 Å². The number of carbonyl (C=O) groups is 2. The van der Waals surface area contributed by atoms with Crippen molar-refractivity contribution in [3.63, 3.8) is 0 Å². The van der Waals surface area contributed by atoms with Gasteiger partial charge in [0.15, 0.2) is 0 Å². The molecule has 41 heavy (non-hydrogen) atoms. The third kappa shape index (κ3) is 6.22. The maximum absolute atomic E-state index is 13.0. The van der Waals surface area contributed by atoms with Crippen LogP contribution in [0.4, 0.5) is 10.5 Å². The summed E-state index contributed by atoms with van der Waals surface area (Å²) < 4.78 is 95.3. The minimum absolute atomic E-state index is 0.0195. The number of nitrogens with zero attached hydrogens (tertiary/aromatic N) is 1. The second kappa shape index (κ2) is 11.7. The number of nitrogens with one attached hydrogen (secondary N) is 2. The van der Waals surface area contributed by atoms with Crippen LogP contribution < -0.4 is 14.8 Å². The number of hydrogen-bond donors (Lipinski definition) is 2. The van der Waals surface area contributed by atoms with Crippen molar-refractivity contribution in [1.29, 1.82) is 0 Å². The molecule has 10 heteroatoms. The van der Waals surface area contributed by atoms with Crippen LogP contribution in [0, 0.1) is 6.92 Å². The van der Waals surface area contributed by atoms with E-state index in [-0.39, 0.29) is 41.2 Å². The topological polar surface area (TPSA) is 116 Å². The number of aromatic nitrogens is 1. The highest BCUT2D eigenvalue weighted by molar-refractivity contribution is 7.90. The van der Waals surface area contributed by atoms with Crippen LogP contribution in [0.3, 0.4) is 0 Å². The first-order chi connectivity index (χ1) is 22.3. The molecule has 1 aliphatic rings. The fraction of sp³-hybridized carbons (Fsp3) is 0.290. The summed E-state index contributed by atoms with van der Waals surface area (Å²) in [4.78, 5) is 25.6. The Bertz CT molecular complexity index is 2000. The largest absolute Gasteiger partial charge is 0.496 e. The quantitative estimate of drug-likeness (QED) is 0.276. The summed E-state index contributed by atoms with van der Waals surface area (Å²) in [5.74, 6) is -0.616. The molecular weight excluding hydrogens is 542 g/mol. The van der Waals surface area contributed by atoms with E-state index in [4.69, 9.17) is 19.1 Å². The molecular formula is C31H33N3O6S. The number of hydrogen-bond acceptors (Lipinski definition) is 6. The molecule has 1 aromatic heterocycles. The number of fused-ring (bicyclic) bond motifs is 1. The van der Waals surface area contributed by atoms with E-state index in [0.29, 0.717) is 27.6 Å². The van der Waals surface area contributed by atoms with Crippen LogP contribution in [-0.2, 0) is 28.2 Å². The molecule has 0 unspecified atom stereocenters. The van der Waals surface area contributed by atoms with Crippen molar-refractivity contribution in [3.8, 4) is 5.75 Å². The van der Waals surface area contributed by atoms with Crippen LogP contribution in [0.5, 0.6) is 5.75 Å². The van der Waals surface area contributed by atoms with Crippen molar-refractivity contribution < 1.29 is 37.1 Å². The monoisotopic (exact) mass is 582 g/mol. The van der Waals surface area contributed by atoms with Crippen LogP contribution in [0.2, 0.25) is 0 Å². The lowest BCUT2D eigenvalue weighted by Gasteiger charge is -2.13. The maximum atomic E-state index is 13.0. The van der Waals surface area contributed by atoms with Gasteiger partial charge in [0.2, 0.25) is 0 Å². The van der Waals surface area contributed by atoms with E-state index in [1.165, 1.54) is 43.6 Å². The van der Waals surface area contributed by atoms with Gasteiger partial charge in [-0.05, 0) is 85.6 Å². The molecule has 0 spiro atoms. The molecule has 1 fully saturated rings. The van der Waals surface area contributed by atoms with Crippen molar-refractivity contribution in [1.82, 2.24) is 9.29 Å². The van der Waals surface area contributed by atoms with Crippen molar-refractivity contribution in [2.24, 2.45) is 6.98 Å². The van der Waals surface area contributed by atoms with E-state index in [0.717, 1.165) is 4.57 Å². The molecule has 0 saturated heterocycles. The van der Waals surface area contributed by atoms with Gasteiger partial charge in [-0.25, -0.2) is 17.9 Å². The highest BCUT2D eigenvalue weighted by atomic mass is 32.2. The lowest BCUT2D eigenvalue weighted by Crippen LogP contribution is -2.31. The van der Waals surface area contributed by atoms with E-state index in [1.807, 2.05) is 0 Å². The van der Waals surface area contributed by atoms with E-state index in [9.17, 15) is 18.0 Å². The molecule has 1 aliphatic carbocycles. The SMILES string of the molecule is [2H]C([2H])([2H])n1cc(Cc2ccc(C(=O)NS(=O)(=O)c3ccccc3C)cc2OC)c2cc(NC(=O)OC3CC([2H])([2H])C([2H])([2H])C3)ccc21. The number of anilines is 1. The van der Waals surface area contributed by atoms with Gasteiger partial charge in [0.25, 0.3) is 15.9 Å². The summed E-state index contributed by atoms with van der Waals surface area (Å²) in [6.45, 7) is -0.926. The Morgan fingerprint density at radius 1 is 1.07 bits per heavy atom. The Hall–Kier alpha value is -4.31. The van der Waals surface area contributed by atoms with Crippen LogP contribution >= 0.6 is 0 Å². The number of amides is 2. The van der Waals surface area contributed by atoms with E-state index in [1.54, 1.807) is 37.3 Å². The minimum atomic E-state index is -4.15. The number of benzene rings is 3. The average molecular weight is 583 g/mol. The Labute approximate surface area is 249 Å².